The highest BCUT2D eigenvalue weighted by atomic mass is 79.9. The third-order valence-corrected chi connectivity index (χ3v) is 2.87. The molecule has 0 aliphatic rings. The Morgan fingerprint density at radius 1 is 1.08 bits per heavy atom. The molecule has 24 heavy (non-hydrogen) atoms. The molecule has 0 fully saturated rings. The molecule has 1 aromatic heterocycles. The van der Waals surface area contributed by atoms with Crippen molar-refractivity contribution in [3.05, 3.63) is 16.5 Å². The van der Waals surface area contributed by atoms with Crippen LogP contribution in [0.2, 0.25) is 0 Å². The lowest BCUT2D eigenvalue weighted by atomic mass is 10.2. The predicted molar refractivity (Wildman–Crippen MR) is 94.1 cm³/mol. The van der Waals surface area contributed by atoms with Crippen LogP contribution in [0, 0.1) is 0 Å². The van der Waals surface area contributed by atoms with E-state index in [-0.39, 0.29) is 5.82 Å². The van der Waals surface area contributed by atoms with E-state index in [2.05, 4.69) is 25.9 Å². The number of carbonyl (C=O) groups is 2. The molecule has 1 rings (SSSR count). The fraction of sp³-hybridized carbons (Fsp3) is 0.625. The first kappa shape index (κ1) is 20.3. The summed E-state index contributed by atoms with van der Waals surface area (Å²) in [6.45, 7) is 12.1. The van der Waals surface area contributed by atoms with Crippen molar-refractivity contribution in [2.45, 2.75) is 66.1 Å². The minimum atomic E-state index is -0.858. The SMILES string of the molecule is CCc1nc(Br)cnc1N(C(=O)OC(C)(C)C)C(=O)OC(C)(C)C. The molecule has 0 N–H and O–H groups in total. The van der Waals surface area contributed by atoms with Gasteiger partial charge in [0.05, 0.1) is 11.9 Å². The Balaban J connectivity index is 3.33. The van der Waals surface area contributed by atoms with Crippen molar-refractivity contribution in [1.82, 2.24) is 9.97 Å². The van der Waals surface area contributed by atoms with Gasteiger partial charge in [0, 0.05) is 0 Å². The van der Waals surface area contributed by atoms with Crippen LogP contribution in [0.4, 0.5) is 15.4 Å². The first-order valence-corrected chi connectivity index (χ1v) is 8.41. The zero-order chi connectivity index (χ0) is 18.7. The molecule has 1 aromatic rings. The number of hydrogen-bond acceptors (Lipinski definition) is 6. The monoisotopic (exact) mass is 401 g/mol. The van der Waals surface area contributed by atoms with Crippen LogP contribution in [-0.4, -0.2) is 33.4 Å². The second-order valence-corrected chi connectivity index (χ2v) is 7.93. The summed E-state index contributed by atoms with van der Waals surface area (Å²) in [5.74, 6) is 0.101. The molecular weight excluding hydrogens is 378 g/mol. The third kappa shape index (κ3) is 6.07. The van der Waals surface area contributed by atoms with E-state index in [0.29, 0.717) is 16.7 Å². The molecular formula is C16H24BrN3O4. The van der Waals surface area contributed by atoms with Crippen molar-refractivity contribution in [3.8, 4) is 0 Å². The number of anilines is 1. The Hall–Kier alpha value is -1.70. The van der Waals surface area contributed by atoms with Gasteiger partial charge in [-0.3, -0.25) is 0 Å². The number of ether oxygens (including phenoxy) is 2. The number of carbonyl (C=O) groups excluding carboxylic acids is 2. The highest BCUT2D eigenvalue weighted by Crippen LogP contribution is 2.24. The van der Waals surface area contributed by atoms with E-state index in [1.807, 2.05) is 6.92 Å². The van der Waals surface area contributed by atoms with Gasteiger partial charge in [0.15, 0.2) is 5.82 Å². The summed E-state index contributed by atoms with van der Waals surface area (Å²) >= 11 is 3.23. The van der Waals surface area contributed by atoms with E-state index >= 15 is 0 Å². The van der Waals surface area contributed by atoms with Crippen LogP contribution in [0.15, 0.2) is 10.8 Å². The average molecular weight is 402 g/mol. The average Bonchev–Trinajstić information content (AvgIpc) is 2.36. The maximum absolute atomic E-state index is 12.6. The molecule has 2 amide bonds. The Morgan fingerprint density at radius 3 is 1.92 bits per heavy atom. The lowest BCUT2D eigenvalue weighted by Crippen LogP contribution is -2.44. The van der Waals surface area contributed by atoms with Crippen LogP contribution >= 0.6 is 15.9 Å². The maximum atomic E-state index is 12.6. The standard InChI is InChI=1S/C16H24BrN3O4/c1-8-10-12(18-9-11(17)19-10)20(13(21)23-15(2,3)4)14(22)24-16(5,6)7/h9H,8H2,1-7H3. The first-order valence-electron chi connectivity index (χ1n) is 7.61. The summed E-state index contributed by atoms with van der Waals surface area (Å²) in [4.78, 5) is 34.3. The van der Waals surface area contributed by atoms with Crippen molar-refractivity contribution in [2.75, 3.05) is 4.90 Å². The topological polar surface area (TPSA) is 81.6 Å². The maximum Gasteiger partial charge on any atom is 0.425 e. The molecule has 0 saturated heterocycles. The summed E-state index contributed by atoms with van der Waals surface area (Å²) in [6, 6.07) is 0. The van der Waals surface area contributed by atoms with Gasteiger partial charge in [-0.1, -0.05) is 6.92 Å². The van der Waals surface area contributed by atoms with Crippen molar-refractivity contribution in [3.63, 3.8) is 0 Å². The molecule has 1 heterocycles. The predicted octanol–water partition coefficient (Wildman–Crippen LogP) is 4.48. The van der Waals surface area contributed by atoms with Crippen molar-refractivity contribution in [1.29, 1.82) is 0 Å². The van der Waals surface area contributed by atoms with Crippen molar-refractivity contribution in [2.24, 2.45) is 0 Å². The number of imide groups is 1. The molecule has 0 aliphatic heterocycles. The fourth-order valence-corrected chi connectivity index (χ4v) is 2.00. The van der Waals surface area contributed by atoms with Crippen LogP contribution in [0.5, 0.6) is 0 Å². The molecule has 0 atom stereocenters. The Labute approximate surface area is 150 Å². The quantitative estimate of drug-likeness (QED) is 0.726. The third-order valence-electron chi connectivity index (χ3n) is 2.49. The van der Waals surface area contributed by atoms with Crippen LogP contribution in [0.1, 0.15) is 54.2 Å². The van der Waals surface area contributed by atoms with E-state index in [9.17, 15) is 9.59 Å². The molecule has 7 nitrogen and oxygen atoms in total. The molecule has 8 heteroatoms. The van der Waals surface area contributed by atoms with Gasteiger partial charge in [-0.15, -0.1) is 0 Å². The van der Waals surface area contributed by atoms with Crippen LogP contribution in [0.25, 0.3) is 0 Å². The highest BCUT2D eigenvalue weighted by Gasteiger charge is 2.35. The van der Waals surface area contributed by atoms with Gasteiger partial charge >= 0.3 is 12.2 Å². The number of hydrogen-bond donors (Lipinski definition) is 0. The second-order valence-electron chi connectivity index (χ2n) is 7.11. The minimum absolute atomic E-state index is 0.101. The Kier molecular flexibility index (Phi) is 6.32. The number of aryl methyl sites for hydroxylation is 1. The van der Waals surface area contributed by atoms with Crippen molar-refractivity contribution >= 4 is 33.9 Å². The molecule has 0 aromatic carbocycles. The number of halogens is 1. The van der Waals surface area contributed by atoms with E-state index in [1.165, 1.54) is 6.20 Å². The zero-order valence-corrected chi connectivity index (χ0v) is 16.7. The molecule has 0 saturated carbocycles. The molecule has 0 aliphatic carbocycles. The summed E-state index contributed by atoms with van der Waals surface area (Å²) < 4.78 is 11.2. The fourth-order valence-electron chi connectivity index (χ4n) is 1.68. The number of rotatable bonds is 2. The number of nitrogens with zero attached hydrogens (tertiary/aromatic N) is 3. The lowest BCUT2D eigenvalue weighted by Gasteiger charge is -2.28. The number of amides is 2. The smallest absolute Gasteiger partial charge is 0.425 e. The highest BCUT2D eigenvalue weighted by molar-refractivity contribution is 9.10. The van der Waals surface area contributed by atoms with E-state index in [4.69, 9.17) is 9.47 Å². The van der Waals surface area contributed by atoms with E-state index in [0.717, 1.165) is 4.90 Å². The zero-order valence-electron chi connectivity index (χ0n) is 15.1. The Bertz CT molecular complexity index is 593. The molecule has 134 valence electrons. The van der Waals surface area contributed by atoms with E-state index < -0.39 is 23.4 Å². The van der Waals surface area contributed by atoms with Gasteiger partial charge in [0.1, 0.15) is 15.8 Å². The summed E-state index contributed by atoms with van der Waals surface area (Å²) in [5, 5.41) is 0. The van der Waals surface area contributed by atoms with Gasteiger partial charge < -0.3 is 9.47 Å². The summed E-state index contributed by atoms with van der Waals surface area (Å²) in [5.41, 5.74) is -1.07. The normalized spacial score (nSPS) is 11.8. The van der Waals surface area contributed by atoms with Gasteiger partial charge in [-0.2, -0.15) is 4.90 Å². The first-order chi connectivity index (χ1) is 10.8. The van der Waals surface area contributed by atoms with Gasteiger partial charge in [-0.25, -0.2) is 19.6 Å². The second kappa shape index (κ2) is 7.46. The lowest BCUT2D eigenvalue weighted by molar-refractivity contribution is 0.0428. The molecule has 0 unspecified atom stereocenters. The van der Waals surface area contributed by atoms with E-state index in [1.54, 1.807) is 41.5 Å². The molecule has 0 radical (unpaired) electrons. The Morgan fingerprint density at radius 2 is 1.54 bits per heavy atom. The number of aromatic nitrogens is 2. The van der Waals surface area contributed by atoms with Gasteiger partial charge in [-0.05, 0) is 63.9 Å². The largest absolute Gasteiger partial charge is 0.443 e. The molecule has 0 spiro atoms. The van der Waals surface area contributed by atoms with Crippen LogP contribution in [0.3, 0.4) is 0 Å². The van der Waals surface area contributed by atoms with Crippen LogP contribution < -0.4 is 4.90 Å². The summed E-state index contributed by atoms with van der Waals surface area (Å²) in [6.07, 6.45) is 0.172. The van der Waals surface area contributed by atoms with Crippen molar-refractivity contribution < 1.29 is 19.1 Å². The summed E-state index contributed by atoms with van der Waals surface area (Å²) in [7, 11) is 0. The van der Waals surface area contributed by atoms with Gasteiger partial charge in [0.2, 0.25) is 0 Å². The van der Waals surface area contributed by atoms with Crippen LogP contribution in [-0.2, 0) is 15.9 Å². The van der Waals surface area contributed by atoms with Gasteiger partial charge in [0.25, 0.3) is 0 Å². The molecule has 0 bridgehead atoms. The minimum Gasteiger partial charge on any atom is -0.443 e.